The molecular formula is C36H37N3O3. The van der Waals surface area contributed by atoms with Gasteiger partial charge < -0.3 is 20.9 Å². The molecule has 0 atom stereocenters. The molecule has 0 fully saturated rings. The highest BCUT2D eigenvalue weighted by atomic mass is 16.5. The van der Waals surface area contributed by atoms with E-state index in [4.69, 9.17) is 15.6 Å². The molecule has 0 spiro atoms. The molecule has 4 N–H and O–H groups in total. The van der Waals surface area contributed by atoms with Gasteiger partial charge in [0.2, 0.25) is 0 Å². The molecular weight excluding hydrogens is 522 g/mol. The molecule has 214 valence electrons. The van der Waals surface area contributed by atoms with Gasteiger partial charge in [-0.05, 0) is 84.2 Å². The lowest BCUT2D eigenvalue weighted by Crippen LogP contribution is -2.14. The van der Waals surface area contributed by atoms with Crippen molar-refractivity contribution in [2.75, 3.05) is 19.0 Å². The van der Waals surface area contributed by atoms with Crippen LogP contribution in [-0.2, 0) is 12.8 Å². The summed E-state index contributed by atoms with van der Waals surface area (Å²) in [6.45, 7) is 2.31. The first kappa shape index (κ1) is 28.8. The monoisotopic (exact) mass is 559 g/mol. The fourth-order valence-electron chi connectivity index (χ4n) is 5.36. The summed E-state index contributed by atoms with van der Waals surface area (Å²) in [7, 11) is 1.62. The number of nitrogens with two attached hydrogens (primary N) is 1. The number of primary amides is 1. The smallest absolute Gasteiger partial charge is 0.252 e. The average molecular weight is 560 g/mol. The fourth-order valence-corrected chi connectivity index (χ4v) is 5.36. The van der Waals surface area contributed by atoms with Crippen molar-refractivity contribution in [3.63, 3.8) is 0 Å². The maximum absolute atomic E-state index is 12.4. The van der Waals surface area contributed by atoms with Crippen molar-refractivity contribution in [1.82, 2.24) is 4.98 Å². The first-order valence-corrected chi connectivity index (χ1v) is 14.4. The van der Waals surface area contributed by atoms with Crippen LogP contribution >= 0.6 is 0 Å². The van der Waals surface area contributed by atoms with Crippen LogP contribution in [-0.4, -0.2) is 29.7 Å². The van der Waals surface area contributed by atoms with Gasteiger partial charge in [0.25, 0.3) is 5.91 Å². The lowest BCUT2D eigenvalue weighted by Gasteiger charge is -2.16. The summed E-state index contributed by atoms with van der Waals surface area (Å²) >= 11 is 0. The molecule has 4 aromatic carbocycles. The summed E-state index contributed by atoms with van der Waals surface area (Å²) in [6.07, 6.45) is 6.35. The summed E-state index contributed by atoms with van der Waals surface area (Å²) in [4.78, 5) is 17.0. The quantitative estimate of drug-likeness (QED) is 0.139. The van der Waals surface area contributed by atoms with Crippen LogP contribution in [0.5, 0.6) is 5.75 Å². The van der Waals surface area contributed by atoms with Crippen LogP contribution in [0.25, 0.3) is 22.0 Å². The minimum absolute atomic E-state index is 0.269. The van der Waals surface area contributed by atoms with Gasteiger partial charge in [0.1, 0.15) is 5.75 Å². The Kier molecular flexibility index (Phi) is 9.15. The maximum atomic E-state index is 12.4. The van der Waals surface area contributed by atoms with Gasteiger partial charge in [-0.25, -0.2) is 0 Å². The van der Waals surface area contributed by atoms with Gasteiger partial charge in [0.15, 0.2) is 0 Å². The van der Waals surface area contributed by atoms with E-state index in [0.717, 1.165) is 59.8 Å². The van der Waals surface area contributed by atoms with Gasteiger partial charge in [-0.15, -0.1) is 0 Å². The Bertz CT molecular complexity index is 1680. The Labute approximate surface area is 247 Å². The molecule has 5 aromatic rings. The van der Waals surface area contributed by atoms with E-state index >= 15 is 0 Å². The van der Waals surface area contributed by atoms with E-state index in [1.54, 1.807) is 13.3 Å². The number of aromatic nitrogens is 1. The fraction of sp³-hybridized carbons (Fsp3) is 0.222. The molecule has 0 saturated carbocycles. The third-order valence-corrected chi connectivity index (χ3v) is 7.60. The number of nitrogens with one attached hydrogen (secondary N) is 1. The Balaban J connectivity index is 1.39. The van der Waals surface area contributed by atoms with Crippen molar-refractivity contribution < 1.29 is 14.6 Å². The van der Waals surface area contributed by atoms with Crippen LogP contribution in [0.3, 0.4) is 0 Å². The first-order valence-electron chi connectivity index (χ1n) is 14.4. The van der Waals surface area contributed by atoms with Crippen molar-refractivity contribution in [2.24, 2.45) is 5.73 Å². The lowest BCUT2D eigenvalue weighted by molar-refractivity contribution is 0.100. The zero-order chi connectivity index (χ0) is 29.5. The minimum atomic E-state index is -0.539. The summed E-state index contributed by atoms with van der Waals surface area (Å²) in [6, 6.07) is 29.3. The Morgan fingerprint density at radius 1 is 0.881 bits per heavy atom. The number of aryl methyl sites for hydroxylation is 2. The number of aliphatic hydroxyl groups is 1. The minimum Gasteiger partial charge on any atom is -0.497 e. The van der Waals surface area contributed by atoms with Crippen molar-refractivity contribution in [3.8, 4) is 16.9 Å². The van der Waals surface area contributed by atoms with E-state index in [9.17, 15) is 4.79 Å². The third kappa shape index (κ3) is 6.78. The molecule has 5 rings (SSSR count). The standard InChI is InChI=1S/C36H37N3O3/c1-24-19-27(20-26-12-16-29(17-13-26)28-14-10-25(11-15-28)7-4-3-5-18-40)21-32-34(24)38-23-33(36(37)41)35(32)39-30-8-6-9-31(22-30)42-2/h6,8-17,19,21-23,40H,3-5,7,18,20H2,1-2H3,(H2,37,41)(H,38,39). The van der Waals surface area contributed by atoms with Gasteiger partial charge >= 0.3 is 0 Å². The van der Waals surface area contributed by atoms with E-state index in [1.807, 2.05) is 31.2 Å². The second kappa shape index (κ2) is 13.3. The van der Waals surface area contributed by atoms with Crippen LogP contribution < -0.4 is 15.8 Å². The van der Waals surface area contributed by atoms with Crippen molar-refractivity contribution in [3.05, 3.63) is 119 Å². The van der Waals surface area contributed by atoms with Gasteiger partial charge in [-0.1, -0.05) is 67.1 Å². The third-order valence-electron chi connectivity index (χ3n) is 7.60. The van der Waals surface area contributed by atoms with Crippen LogP contribution in [0, 0.1) is 6.92 Å². The van der Waals surface area contributed by atoms with Gasteiger partial charge in [0, 0.05) is 29.9 Å². The van der Waals surface area contributed by atoms with E-state index in [0.29, 0.717) is 17.0 Å². The topological polar surface area (TPSA) is 97.5 Å². The Morgan fingerprint density at radius 2 is 1.60 bits per heavy atom. The molecule has 6 heteroatoms. The number of nitrogens with zero attached hydrogens (tertiary/aromatic N) is 1. The number of carbonyl (C=O) groups excluding carboxylic acids is 1. The molecule has 42 heavy (non-hydrogen) atoms. The van der Waals surface area contributed by atoms with E-state index in [-0.39, 0.29) is 6.61 Å². The number of aliphatic hydroxyl groups excluding tert-OH is 1. The largest absolute Gasteiger partial charge is 0.497 e. The molecule has 0 aliphatic rings. The number of ether oxygens (including phenoxy) is 1. The molecule has 0 radical (unpaired) electrons. The van der Waals surface area contributed by atoms with Crippen molar-refractivity contribution in [1.29, 1.82) is 0 Å². The summed E-state index contributed by atoms with van der Waals surface area (Å²) in [5, 5.41) is 13.2. The molecule has 0 unspecified atom stereocenters. The second-order valence-electron chi connectivity index (χ2n) is 10.7. The molecule has 6 nitrogen and oxygen atoms in total. The lowest BCUT2D eigenvalue weighted by atomic mass is 9.96. The molecule has 1 heterocycles. The predicted molar refractivity (Wildman–Crippen MR) is 171 cm³/mol. The number of rotatable bonds is 12. The Morgan fingerprint density at radius 3 is 2.26 bits per heavy atom. The number of anilines is 2. The van der Waals surface area contributed by atoms with E-state index < -0.39 is 5.91 Å². The number of carbonyl (C=O) groups is 1. The van der Waals surface area contributed by atoms with Gasteiger partial charge in [-0.3, -0.25) is 9.78 Å². The normalized spacial score (nSPS) is 11.0. The van der Waals surface area contributed by atoms with Gasteiger partial charge in [-0.2, -0.15) is 0 Å². The first-order chi connectivity index (χ1) is 20.4. The second-order valence-corrected chi connectivity index (χ2v) is 10.7. The number of unbranched alkanes of at least 4 members (excludes halogenated alkanes) is 2. The van der Waals surface area contributed by atoms with Crippen LogP contribution in [0.4, 0.5) is 11.4 Å². The molecule has 1 aromatic heterocycles. The molecule has 0 aliphatic heterocycles. The maximum Gasteiger partial charge on any atom is 0.252 e. The SMILES string of the molecule is COc1cccc(Nc2c(C(N)=O)cnc3c(C)cc(Cc4ccc(-c5ccc(CCCCCO)cc5)cc4)cc23)c1. The highest BCUT2D eigenvalue weighted by Crippen LogP contribution is 2.33. The van der Waals surface area contributed by atoms with Gasteiger partial charge in [0.05, 0.1) is 23.9 Å². The number of fused-ring (bicyclic) bond motifs is 1. The average Bonchev–Trinajstić information content (AvgIpc) is 3.00. The summed E-state index contributed by atoms with van der Waals surface area (Å²) in [5.41, 5.74) is 15.4. The predicted octanol–water partition coefficient (Wildman–Crippen LogP) is 7.36. The molecule has 0 aliphatic carbocycles. The number of hydrogen-bond donors (Lipinski definition) is 3. The molecule has 0 bridgehead atoms. The van der Waals surface area contributed by atoms with Crippen molar-refractivity contribution in [2.45, 2.75) is 39.0 Å². The van der Waals surface area contributed by atoms with Crippen LogP contribution in [0.1, 0.15) is 51.9 Å². The summed E-state index contributed by atoms with van der Waals surface area (Å²) < 4.78 is 5.37. The Hall–Kier alpha value is -4.68. The number of benzene rings is 4. The van der Waals surface area contributed by atoms with Crippen LogP contribution in [0.15, 0.2) is 91.1 Å². The van der Waals surface area contributed by atoms with E-state index in [1.165, 1.54) is 22.3 Å². The highest BCUT2D eigenvalue weighted by Gasteiger charge is 2.16. The number of hydrogen-bond acceptors (Lipinski definition) is 5. The zero-order valence-electron chi connectivity index (χ0n) is 24.2. The number of methoxy groups -OCH3 is 1. The number of pyridine rings is 1. The molecule has 0 saturated heterocycles. The zero-order valence-corrected chi connectivity index (χ0v) is 24.2. The molecule has 1 amide bonds. The highest BCUT2D eigenvalue weighted by molar-refractivity contribution is 6.08. The van der Waals surface area contributed by atoms with Crippen LogP contribution in [0.2, 0.25) is 0 Å². The van der Waals surface area contributed by atoms with E-state index in [2.05, 4.69) is 71.0 Å². The number of amides is 1. The summed E-state index contributed by atoms with van der Waals surface area (Å²) in [5.74, 6) is 0.174. The van der Waals surface area contributed by atoms with Crippen molar-refractivity contribution >= 4 is 28.2 Å².